The van der Waals surface area contributed by atoms with Gasteiger partial charge in [0.15, 0.2) is 0 Å². The second-order valence-electron chi connectivity index (χ2n) is 19.8. The molecule has 0 radical (unpaired) electrons. The fraction of sp³-hybridized carbons (Fsp3) is 0.481. The summed E-state index contributed by atoms with van der Waals surface area (Å²) in [5.74, 6) is -1.45. The van der Waals surface area contributed by atoms with E-state index in [2.05, 4.69) is 37.6 Å². The van der Waals surface area contributed by atoms with Crippen LogP contribution in [0.4, 0.5) is 41.6 Å². The van der Waals surface area contributed by atoms with Gasteiger partial charge in [0.1, 0.15) is 29.5 Å². The number of piperidine rings is 1. The molecule has 4 fully saturated rings. The highest BCUT2D eigenvalue weighted by Crippen LogP contribution is 2.43. The second kappa shape index (κ2) is 17.9. The van der Waals surface area contributed by atoms with E-state index in [4.69, 9.17) is 4.74 Å². The Kier molecular flexibility index (Phi) is 12.0. The van der Waals surface area contributed by atoms with Crippen LogP contribution in [0.5, 0.6) is 0 Å². The summed E-state index contributed by atoms with van der Waals surface area (Å²) in [6, 6.07) is 17.8. The summed E-state index contributed by atoms with van der Waals surface area (Å²) in [5, 5.41) is 9.24. The van der Waals surface area contributed by atoms with Crippen molar-refractivity contribution in [1.29, 1.82) is 0 Å². The largest absolute Gasteiger partial charge is 0.378 e. The molecule has 6 aliphatic rings. The Labute approximate surface area is 385 Å². The van der Waals surface area contributed by atoms with E-state index in [0.717, 1.165) is 60.9 Å². The monoisotopic (exact) mass is 903 g/mol. The lowest BCUT2D eigenvalue weighted by Crippen LogP contribution is -2.61. The molecule has 5 unspecified atom stereocenters. The van der Waals surface area contributed by atoms with Crippen LogP contribution in [0.2, 0.25) is 0 Å². The molecular weight excluding hydrogens is 844 g/mol. The quantitative estimate of drug-likeness (QED) is 0.147. The summed E-state index contributed by atoms with van der Waals surface area (Å²) in [5.41, 5.74) is 6.92. The van der Waals surface area contributed by atoms with Gasteiger partial charge in [0, 0.05) is 103 Å². The summed E-state index contributed by atoms with van der Waals surface area (Å²) in [7, 11) is 0. The smallest absolute Gasteiger partial charge is 0.247 e. The Balaban J connectivity index is 0.762. The number of aryl methyl sites for hydroxylation is 2. The average Bonchev–Trinajstić information content (AvgIpc) is 4.14. The molecule has 1 saturated carbocycles. The summed E-state index contributed by atoms with van der Waals surface area (Å²) < 4.78 is 51.1. The average molecular weight is 904 g/mol. The zero-order chi connectivity index (χ0) is 45.9. The Morgan fingerprint density at radius 3 is 2.39 bits per heavy atom. The first kappa shape index (κ1) is 44.2. The first-order valence-corrected chi connectivity index (χ1v) is 23.8. The first-order chi connectivity index (χ1) is 31.8. The number of amides is 3. The number of rotatable bonds is 10. The molecule has 3 saturated heterocycles. The standard InChI is InChI=1S/C52H60F3N7O4/c1-31-11-13-43(54)41-26-45(58-48(31)41)50(64)56-36-8-6-7-33(21-36)34-15-17-59(47(63)22-34)28-40-29-66-20-19-61(40)52(3)16-18-60(30-52)39-24-35(53)23-37(25-39)57-51(65)46-27-42-44(55)14-12-32(2)49(42)62(46)38-9-4-5-10-38/h6-8,11-14,21,23-25,34,38,40,45-46,58H,4-5,9-10,15-20,22,26-30H2,1-3H3,(H,56,64)(H,57,65). The van der Waals surface area contributed by atoms with E-state index < -0.39 is 17.9 Å². The number of halogens is 3. The second-order valence-corrected chi connectivity index (χ2v) is 19.8. The third-order valence-electron chi connectivity index (χ3n) is 15.4. The molecule has 4 aromatic carbocycles. The maximum Gasteiger partial charge on any atom is 0.247 e. The van der Waals surface area contributed by atoms with Crippen molar-refractivity contribution in [2.45, 2.75) is 114 Å². The number of morpholine rings is 1. The fourth-order valence-corrected chi connectivity index (χ4v) is 12.0. The highest BCUT2D eigenvalue weighted by atomic mass is 19.1. The van der Waals surface area contributed by atoms with Gasteiger partial charge in [-0.3, -0.25) is 19.3 Å². The number of carbonyl (C=O) groups excluding carboxylic acids is 3. The zero-order valence-electron chi connectivity index (χ0n) is 38.1. The molecule has 0 bridgehead atoms. The van der Waals surface area contributed by atoms with Crippen molar-refractivity contribution < 1.29 is 32.3 Å². The number of hydrogen-bond donors (Lipinski definition) is 3. The number of carbonyl (C=O) groups is 3. The Hall–Kier alpha value is -5.60. The number of benzene rings is 4. The van der Waals surface area contributed by atoms with Crippen LogP contribution >= 0.6 is 0 Å². The predicted molar refractivity (Wildman–Crippen MR) is 251 cm³/mol. The number of ether oxygens (including phenoxy) is 1. The van der Waals surface area contributed by atoms with Gasteiger partial charge in [-0.25, -0.2) is 13.2 Å². The minimum absolute atomic E-state index is 0.00431. The summed E-state index contributed by atoms with van der Waals surface area (Å²) in [6.45, 7) is 10.4. The first-order valence-electron chi connectivity index (χ1n) is 23.8. The lowest BCUT2D eigenvalue weighted by atomic mass is 9.88. The van der Waals surface area contributed by atoms with E-state index >= 15 is 8.78 Å². The van der Waals surface area contributed by atoms with Crippen molar-refractivity contribution in [2.75, 3.05) is 71.7 Å². The minimum atomic E-state index is -0.583. The summed E-state index contributed by atoms with van der Waals surface area (Å²) in [4.78, 5) is 50.0. The van der Waals surface area contributed by atoms with E-state index in [1.807, 2.05) is 49.1 Å². The number of nitrogens with zero attached hydrogens (tertiary/aromatic N) is 4. The molecule has 348 valence electrons. The van der Waals surface area contributed by atoms with Gasteiger partial charge >= 0.3 is 0 Å². The van der Waals surface area contributed by atoms with Crippen molar-refractivity contribution in [3.05, 3.63) is 112 Å². The highest BCUT2D eigenvalue weighted by molar-refractivity contribution is 6.00. The van der Waals surface area contributed by atoms with Crippen LogP contribution in [0.15, 0.2) is 66.7 Å². The van der Waals surface area contributed by atoms with Crippen LogP contribution in [0.3, 0.4) is 0 Å². The van der Waals surface area contributed by atoms with Crippen LogP contribution in [-0.2, 0) is 32.0 Å². The third kappa shape index (κ3) is 8.51. The topological polar surface area (TPSA) is 109 Å². The molecule has 3 N–H and O–H groups in total. The van der Waals surface area contributed by atoms with Gasteiger partial charge in [-0.1, -0.05) is 37.1 Å². The zero-order valence-corrected chi connectivity index (χ0v) is 38.1. The van der Waals surface area contributed by atoms with Gasteiger partial charge < -0.3 is 35.4 Å². The Morgan fingerprint density at radius 2 is 1.61 bits per heavy atom. The van der Waals surface area contributed by atoms with E-state index in [0.29, 0.717) is 86.2 Å². The van der Waals surface area contributed by atoms with Crippen molar-refractivity contribution in [2.24, 2.45) is 0 Å². The van der Waals surface area contributed by atoms with E-state index in [-0.39, 0.29) is 65.7 Å². The third-order valence-corrected chi connectivity index (χ3v) is 15.4. The van der Waals surface area contributed by atoms with Crippen LogP contribution < -0.4 is 25.8 Å². The van der Waals surface area contributed by atoms with Crippen LogP contribution in [0.25, 0.3) is 0 Å². The Bertz CT molecular complexity index is 2520. The molecule has 5 atom stereocenters. The number of anilines is 5. The van der Waals surface area contributed by atoms with Crippen molar-refractivity contribution in [3.8, 4) is 0 Å². The lowest BCUT2D eigenvalue weighted by Gasteiger charge is -2.48. The number of fused-ring (bicyclic) bond motifs is 2. The van der Waals surface area contributed by atoms with E-state index in [1.54, 1.807) is 12.1 Å². The van der Waals surface area contributed by atoms with E-state index in [9.17, 15) is 18.8 Å². The molecule has 1 aliphatic carbocycles. The lowest BCUT2D eigenvalue weighted by molar-refractivity contribution is -0.137. The van der Waals surface area contributed by atoms with Gasteiger partial charge in [0.05, 0.1) is 19.3 Å². The van der Waals surface area contributed by atoms with Crippen LogP contribution in [0.1, 0.15) is 85.6 Å². The Morgan fingerprint density at radius 1 is 0.833 bits per heavy atom. The molecule has 0 spiro atoms. The van der Waals surface area contributed by atoms with Gasteiger partial charge in [0.2, 0.25) is 17.7 Å². The number of nitrogens with one attached hydrogen (secondary N) is 3. The summed E-state index contributed by atoms with van der Waals surface area (Å²) in [6.07, 6.45) is 6.57. The van der Waals surface area contributed by atoms with Crippen molar-refractivity contribution in [1.82, 2.24) is 9.80 Å². The van der Waals surface area contributed by atoms with Gasteiger partial charge in [-0.05, 0) is 112 Å². The maximum atomic E-state index is 15.5. The number of likely N-dealkylation sites (tertiary alicyclic amines) is 1. The van der Waals surface area contributed by atoms with E-state index in [1.165, 1.54) is 24.3 Å². The molecule has 4 aromatic rings. The summed E-state index contributed by atoms with van der Waals surface area (Å²) >= 11 is 0. The highest BCUT2D eigenvalue weighted by Gasteiger charge is 2.45. The van der Waals surface area contributed by atoms with Gasteiger partial charge in [-0.15, -0.1) is 0 Å². The van der Waals surface area contributed by atoms with Crippen LogP contribution in [0, 0.1) is 31.3 Å². The molecule has 10 rings (SSSR count). The molecule has 5 heterocycles. The molecule has 5 aliphatic heterocycles. The van der Waals surface area contributed by atoms with Gasteiger partial charge in [-0.2, -0.15) is 0 Å². The SMILES string of the molecule is Cc1ccc(F)c2c1NC(C(=O)Nc1cccc(C3CCN(CC4COCCN4C4(C)CCN(c5cc(F)cc(NC(=O)C6Cc7c(F)ccc(C)c7N6C6CCCC6)c5)C4)C(=O)C3)c1)C2. The molecule has 14 heteroatoms. The minimum Gasteiger partial charge on any atom is -0.378 e. The molecule has 11 nitrogen and oxygen atoms in total. The number of hydrogen-bond acceptors (Lipinski definition) is 8. The van der Waals surface area contributed by atoms with Crippen molar-refractivity contribution >= 4 is 46.2 Å². The maximum absolute atomic E-state index is 15.5. The molecule has 0 aromatic heterocycles. The predicted octanol–water partition coefficient (Wildman–Crippen LogP) is 8.08. The molecule has 3 amide bonds. The van der Waals surface area contributed by atoms with Crippen LogP contribution in [-0.4, -0.2) is 103 Å². The fourth-order valence-electron chi connectivity index (χ4n) is 12.0. The van der Waals surface area contributed by atoms with Crippen molar-refractivity contribution in [3.63, 3.8) is 0 Å². The normalized spacial score (nSPS) is 25.5. The molecule has 66 heavy (non-hydrogen) atoms. The molecular formula is C52H60F3N7O4. The van der Waals surface area contributed by atoms with Gasteiger partial charge in [0.25, 0.3) is 0 Å².